The van der Waals surface area contributed by atoms with E-state index in [-0.39, 0.29) is 5.54 Å². The maximum atomic E-state index is 3.30. The van der Waals surface area contributed by atoms with Gasteiger partial charge in [-0.2, -0.15) is 0 Å². The molecule has 1 N–H and O–H groups in total. The van der Waals surface area contributed by atoms with Gasteiger partial charge in [0.05, 0.1) is 5.54 Å². The lowest BCUT2D eigenvalue weighted by Crippen LogP contribution is -2.32. The van der Waals surface area contributed by atoms with Crippen LogP contribution in [0.3, 0.4) is 0 Å². The van der Waals surface area contributed by atoms with Crippen LogP contribution < -0.4 is 5.32 Å². The van der Waals surface area contributed by atoms with E-state index in [4.69, 9.17) is 0 Å². The molecular weight excluding hydrogens is 146 g/mol. The van der Waals surface area contributed by atoms with Crippen LogP contribution in [0.4, 0.5) is 0 Å². The van der Waals surface area contributed by atoms with Crippen LogP contribution >= 0.6 is 0 Å². The summed E-state index contributed by atoms with van der Waals surface area (Å²) in [6.45, 7) is 8.55. The van der Waals surface area contributed by atoms with Crippen LogP contribution in [-0.2, 0) is 0 Å². The first-order chi connectivity index (χ1) is 5.56. The Morgan fingerprint density at radius 1 is 1.50 bits per heavy atom. The molecule has 0 bridgehead atoms. The van der Waals surface area contributed by atoms with Crippen molar-refractivity contribution < 1.29 is 0 Å². The van der Waals surface area contributed by atoms with Gasteiger partial charge in [0.15, 0.2) is 0 Å². The Morgan fingerprint density at radius 2 is 2.17 bits per heavy atom. The summed E-state index contributed by atoms with van der Waals surface area (Å²) >= 11 is 0. The maximum absolute atomic E-state index is 3.30. The molecule has 0 aromatic carbocycles. The lowest BCUT2D eigenvalue weighted by Gasteiger charge is -2.21. The third-order valence-electron chi connectivity index (χ3n) is 2.27. The molecule has 1 heterocycles. The first-order valence-electron chi connectivity index (χ1n) is 4.35. The highest BCUT2D eigenvalue weighted by Crippen LogP contribution is 2.23. The second-order valence-corrected chi connectivity index (χ2v) is 3.74. The number of rotatable bonds is 1. The van der Waals surface area contributed by atoms with Crippen LogP contribution in [0.1, 0.15) is 27.7 Å². The van der Waals surface area contributed by atoms with Gasteiger partial charge in [0.25, 0.3) is 0 Å². The van der Waals surface area contributed by atoms with Gasteiger partial charge in [-0.05, 0) is 45.5 Å². The zero-order chi connectivity index (χ0) is 9.19. The molecule has 66 valence electrons. The van der Waals surface area contributed by atoms with Crippen molar-refractivity contribution in [1.82, 2.24) is 5.32 Å². The number of hydrogen-bond donors (Lipinski definition) is 1. The molecule has 1 heteroatoms. The quantitative estimate of drug-likeness (QED) is 0.626. The second kappa shape index (κ2) is 3.18. The van der Waals surface area contributed by atoms with Crippen molar-refractivity contribution in [1.29, 1.82) is 0 Å². The van der Waals surface area contributed by atoms with Crippen LogP contribution in [0, 0.1) is 0 Å². The van der Waals surface area contributed by atoms with Crippen LogP contribution in [0.25, 0.3) is 0 Å². The van der Waals surface area contributed by atoms with Crippen molar-refractivity contribution >= 4 is 0 Å². The van der Waals surface area contributed by atoms with Crippen molar-refractivity contribution in [2.45, 2.75) is 33.2 Å². The largest absolute Gasteiger partial charge is 0.382 e. The SMILES string of the molecule is C/C=C(C)\C=C1\C=CNC1(C)C. The van der Waals surface area contributed by atoms with Gasteiger partial charge in [0.2, 0.25) is 0 Å². The monoisotopic (exact) mass is 163 g/mol. The fourth-order valence-corrected chi connectivity index (χ4v) is 1.19. The number of nitrogens with one attached hydrogen (secondary N) is 1. The zero-order valence-corrected chi connectivity index (χ0v) is 8.31. The summed E-state index contributed by atoms with van der Waals surface area (Å²) in [6.07, 6.45) is 8.48. The molecule has 1 aliphatic rings. The summed E-state index contributed by atoms with van der Waals surface area (Å²) in [6, 6.07) is 0. The number of allylic oxidation sites excluding steroid dienone is 3. The molecule has 12 heavy (non-hydrogen) atoms. The van der Waals surface area contributed by atoms with E-state index in [9.17, 15) is 0 Å². The van der Waals surface area contributed by atoms with Crippen LogP contribution in [0.5, 0.6) is 0 Å². The van der Waals surface area contributed by atoms with E-state index in [1.165, 1.54) is 11.1 Å². The van der Waals surface area contributed by atoms with E-state index >= 15 is 0 Å². The molecule has 0 radical (unpaired) electrons. The van der Waals surface area contributed by atoms with Crippen molar-refractivity contribution in [3.8, 4) is 0 Å². The molecule has 0 aliphatic carbocycles. The Labute approximate surface area is 74.9 Å². The molecule has 0 saturated carbocycles. The van der Waals surface area contributed by atoms with Crippen LogP contribution in [0.15, 0.2) is 35.6 Å². The Kier molecular flexibility index (Phi) is 2.41. The highest BCUT2D eigenvalue weighted by molar-refractivity contribution is 5.39. The highest BCUT2D eigenvalue weighted by atomic mass is 15.0. The Hall–Kier alpha value is -0.980. The Morgan fingerprint density at radius 3 is 2.58 bits per heavy atom. The molecule has 1 rings (SSSR count). The summed E-state index contributed by atoms with van der Waals surface area (Å²) in [5.41, 5.74) is 2.76. The lowest BCUT2D eigenvalue weighted by atomic mass is 9.95. The molecular formula is C11H17N. The van der Waals surface area contributed by atoms with Gasteiger partial charge in [-0.3, -0.25) is 0 Å². The summed E-state index contributed by atoms with van der Waals surface area (Å²) < 4.78 is 0. The first-order valence-corrected chi connectivity index (χ1v) is 4.35. The van der Waals surface area contributed by atoms with Crippen molar-refractivity contribution in [3.05, 3.63) is 35.6 Å². The molecule has 0 aromatic heterocycles. The Balaban J connectivity index is 2.88. The third-order valence-corrected chi connectivity index (χ3v) is 2.27. The summed E-state index contributed by atoms with van der Waals surface area (Å²) in [4.78, 5) is 0. The van der Waals surface area contributed by atoms with Crippen LogP contribution in [0.2, 0.25) is 0 Å². The van der Waals surface area contributed by atoms with Crippen molar-refractivity contribution in [2.75, 3.05) is 0 Å². The van der Waals surface area contributed by atoms with E-state index in [2.05, 4.69) is 51.2 Å². The minimum Gasteiger partial charge on any atom is -0.382 e. The van der Waals surface area contributed by atoms with Crippen LogP contribution in [-0.4, -0.2) is 5.54 Å². The fraction of sp³-hybridized carbons (Fsp3) is 0.455. The smallest absolute Gasteiger partial charge is 0.0564 e. The molecule has 0 aromatic rings. The lowest BCUT2D eigenvalue weighted by molar-refractivity contribution is 0.553. The summed E-state index contributed by atoms with van der Waals surface area (Å²) in [5.74, 6) is 0. The minimum atomic E-state index is 0.101. The standard InChI is InChI=1S/C11H17N/c1-5-9(2)8-10-6-7-12-11(10,3)4/h5-8,12H,1-4H3/b9-5-,10-8-. The predicted molar refractivity (Wildman–Crippen MR) is 53.9 cm³/mol. The zero-order valence-electron chi connectivity index (χ0n) is 8.31. The van der Waals surface area contributed by atoms with E-state index in [0.717, 1.165) is 0 Å². The minimum absolute atomic E-state index is 0.101. The molecule has 0 spiro atoms. The molecule has 0 saturated heterocycles. The van der Waals surface area contributed by atoms with Gasteiger partial charge < -0.3 is 5.32 Å². The van der Waals surface area contributed by atoms with E-state index in [1.54, 1.807) is 0 Å². The molecule has 1 aliphatic heterocycles. The van der Waals surface area contributed by atoms with E-state index in [0.29, 0.717) is 0 Å². The second-order valence-electron chi connectivity index (χ2n) is 3.74. The van der Waals surface area contributed by atoms with Gasteiger partial charge in [-0.1, -0.05) is 17.7 Å². The number of hydrogen-bond acceptors (Lipinski definition) is 1. The molecule has 0 unspecified atom stereocenters. The molecule has 0 amide bonds. The van der Waals surface area contributed by atoms with Crippen molar-refractivity contribution in [3.63, 3.8) is 0 Å². The van der Waals surface area contributed by atoms with Gasteiger partial charge in [0.1, 0.15) is 0 Å². The molecule has 1 nitrogen and oxygen atoms in total. The van der Waals surface area contributed by atoms with Gasteiger partial charge >= 0.3 is 0 Å². The van der Waals surface area contributed by atoms with E-state index in [1.807, 2.05) is 6.20 Å². The normalized spacial score (nSPS) is 24.7. The van der Waals surface area contributed by atoms with Gasteiger partial charge in [-0.25, -0.2) is 0 Å². The highest BCUT2D eigenvalue weighted by Gasteiger charge is 2.23. The topological polar surface area (TPSA) is 12.0 Å². The average Bonchev–Trinajstić information content (AvgIpc) is 2.31. The fourth-order valence-electron chi connectivity index (χ4n) is 1.19. The van der Waals surface area contributed by atoms with E-state index < -0.39 is 0 Å². The first kappa shape index (κ1) is 9.11. The summed E-state index contributed by atoms with van der Waals surface area (Å²) in [5, 5.41) is 3.30. The molecule has 0 atom stereocenters. The summed E-state index contributed by atoms with van der Waals surface area (Å²) in [7, 11) is 0. The maximum Gasteiger partial charge on any atom is 0.0564 e. The molecule has 0 fully saturated rings. The Bertz CT molecular complexity index is 254. The average molecular weight is 163 g/mol. The predicted octanol–water partition coefficient (Wildman–Crippen LogP) is 2.77. The van der Waals surface area contributed by atoms with Crippen molar-refractivity contribution in [2.24, 2.45) is 0 Å². The third kappa shape index (κ3) is 1.79. The van der Waals surface area contributed by atoms with Gasteiger partial charge in [-0.15, -0.1) is 0 Å². The van der Waals surface area contributed by atoms with Gasteiger partial charge in [0, 0.05) is 0 Å².